The Morgan fingerprint density at radius 3 is 2.43 bits per heavy atom. The van der Waals surface area contributed by atoms with E-state index in [1.807, 2.05) is 0 Å². The van der Waals surface area contributed by atoms with Gasteiger partial charge in [-0.05, 0) is 25.0 Å². The van der Waals surface area contributed by atoms with Gasteiger partial charge in [0.15, 0.2) is 11.5 Å². The van der Waals surface area contributed by atoms with E-state index < -0.39 is 0 Å². The number of nitrogens with one attached hydrogen (secondary N) is 1. The van der Waals surface area contributed by atoms with Crippen LogP contribution in [0, 0.1) is 0 Å². The Labute approximate surface area is 83.4 Å². The van der Waals surface area contributed by atoms with E-state index in [9.17, 15) is 5.11 Å². The molecular formula is C11H15NO2. The van der Waals surface area contributed by atoms with Crippen LogP contribution in [0.25, 0.3) is 0 Å². The summed E-state index contributed by atoms with van der Waals surface area (Å²) in [4.78, 5) is 0. The van der Waals surface area contributed by atoms with Crippen molar-refractivity contribution >= 4 is 5.69 Å². The average molecular weight is 193 g/mol. The van der Waals surface area contributed by atoms with E-state index in [2.05, 4.69) is 5.32 Å². The number of hydrogen-bond donors (Lipinski definition) is 3. The first kappa shape index (κ1) is 9.19. The Balaban J connectivity index is 2.05. The zero-order valence-corrected chi connectivity index (χ0v) is 8.03. The summed E-state index contributed by atoms with van der Waals surface area (Å²) in [7, 11) is 0. The lowest BCUT2D eigenvalue weighted by atomic mass is 10.2. The second-order valence-corrected chi connectivity index (χ2v) is 3.83. The van der Waals surface area contributed by atoms with Gasteiger partial charge in [-0.25, -0.2) is 0 Å². The molecule has 76 valence electrons. The molecule has 0 saturated heterocycles. The van der Waals surface area contributed by atoms with Crippen molar-refractivity contribution < 1.29 is 10.2 Å². The molecule has 0 heterocycles. The summed E-state index contributed by atoms with van der Waals surface area (Å²) in [5.74, 6) is -0.130. The third-order valence-electron chi connectivity index (χ3n) is 2.70. The normalized spacial score (nSPS) is 17.1. The van der Waals surface area contributed by atoms with Gasteiger partial charge in [0.2, 0.25) is 0 Å². The van der Waals surface area contributed by atoms with Crippen molar-refractivity contribution in [3.05, 3.63) is 18.2 Å². The summed E-state index contributed by atoms with van der Waals surface area (Å²) < 4.78 is 0. The highest BCUT2D eigenvalue weighted by Gasteiger charge is 2.14. The minimum atomic E-state index is -0.0676. The molecule has 2 rings (SSSR count). The molecule has 0 bridgehead atoms. The lowest BCUT2D eigenvalue weighted by Gasteiger charge is -2.13. The van der Waals surface area contributed by atoms with Crippen molar-refractivity contribution in [1.29, 1.82) is 0 Å². The Kier molecular flexibility index (Phi) is 2.48. The first-order chi connectivity index (χ1) is 6.75. The number of benzene rings is 1. The molecule has 14 heavy (non-hydrogen) atoms. The fraction of sp³-hybridized carbons (Fsp3) is 0.455. The first-order valence-corrected chi connectivity index (χ1v) is 5.04. The molecule has 1 aromatic rings. The standard InChI is InChI=1S/C11H15NO2/c13-10-6-5-9(7-11(10)14)12-8-3-1-2-4-8/h5-8,12-14H,1-4H2. The molecule has 3 heteroatoms. The van der Waals surface area contributed by atoms with Gasteiger partial charge < -0.3 is 15.5 Å². The van der Waals surface area contributed by atoms with Gasteiger partial charge in [0.25, 0.3) is 0 Å². The molecule has 0 aliphatic heterocycles. The second kappa shape index (κ2) is 3.78. The van der Waals surface area contributed by atoms with Crippen LogP contribution in [0.3, 0.4) is 0 Å². The third-order valence-corrected chi connectivity index (χ3v) is 2.70. The molecular weight excluding hydrogens is 178 g/mol. The Morgan fingerprint density at radius 1 is 1.07 bits per heavy atom. The first-order valence-electron chi connectivity index (χ1n) is 5.04. The van der Waals surface area contributed by atoms with Crippen LogP contribution in [0.1, 0.15) is 25.7 Å². The van der Waals surface area contributed by atoms with Gasteiger partial charge in [0.1, 0.15) is 0 Å². The summed E-state index contributed by atoms with van der Waals surface area (Å²) in [6.45, 7) is 0. The number of rotatable bonds is 2. The maximum Gasteiger partial charge on any atom is 0.159 e. The molecule has 0 aromatic heterocycles. The largest absolute Gasteiger partial charge is 0.504 e. The van der Waals surface area contributed by atoms with Crippen molar-refractivity contribution in [1.82, 2.24) is 0 Å². The van der Waals surface area contributed by atoms with Gasteiger partial charge in [-0.3, -0.25) is 0 Å². The van der Waals surface area contributed by atoms with Crippen molar-refractivity contribution in [2.75, 3.05) is 5.32 Å². The summed E-state index contributed by atoms with van der Waals surface area (Å²) >= 11 is 0. The molecule has 3 N–H and O–H groups in total. The zero-order valence-electron chi connectivity index (χ0n) is 8.03. The average Bonchev–Trinajstić information content (AvgIpc) is 2.64. The quantitative estimate of drug-likeness (QED) is 0.499. The topological polar surface area (TPSA) is 52.5 Å². The fourth-order valence-corrected chi connectivity index (χ4v) is 1.92. The van der Waals surface area contributed by atoms with E-state index in [0.717, 1.165) is 5.69 Å². The van der Waals surface area contributed by atoms with Gasteiger partial charge in [-0.2, -0.15) is 0 Å². The van der Waals surface area contributed by atoms with E-state index in [4.69, 9.17) is 5.11 Å². The van der Waals surface area contributed by atoms with Gasteiger partial charge in [0, 0.05) is 17.8 Å². The van der Waals surface area contributed by atoms with Crippen molar-refractivity contribution in [2.24, 2.45) is 0 Å². The summed E-state index contributed by atoms with van der Waals surface area (Å²) in [5.41, 5.74) is 0.882. The highest BCUT2D eigenvalue weighted by atomic mass is 16.3. The smallest absolute Gasteiger partial charge is 0.159 e. The summed E-state index contributed by atoms with van der Waals surface area (Å²) in [5, 5.41) is 21.7. The van der Waals surface area contributed by atoms with Crippen LogP contribution in [-0.4, -0.2) is 16.3 Å². The van der Waals surface area contributed by atoms with Crippen LogP contribution >= 0.6 is 0 Å². The predicted molar refractivity (Wildman–Crippen MR) is 55.7 cm³/mol. The zero-order chi connectivity index (χ0) is 9.97. The van der Waals surface area contributed by atoms with E-state index in [0.29, 0.717) is 6.04 Å². The van der Waals surface area contributed by atoms with Crippen molar-refractivity contribution in [3.8, 4) is 11.5 Å². The van der Waals surface area contributed by atoms with Gasteiger partial charge in [0.05, 0.1) is 0 Å². The molecule has 0 atom stereocenters. The molecule has 1 saturated carbocycles. The summed E-state index contributed by atoms with van der Waals surface area (Å²) in [6, 6.07) is 5.38. The molecule has 3 nitrogen and oxygen atoms in total. The highest BCUT2D eigenvalue weighted by molar-refractivity contribution is 5.54. The fourth-order valence-electron chi connectivity index (χ4n) is 1.92. The Hall–Kier alpha value is -1.38. The third kappa shape index (κ3) is 1.92. The molecule has 0 unspecified atom stereocenters. The van der Waals surface area contributed by atoms with Crippen LogP contribution in [0.2, 0.25) is 0 Å². The lowest BCUT2D eigenvalue weighted by molar-refractivity contribution is 0.404. The van der Waals surface area contributed by atoms with Crippen LogP contribution in [-0.2, 0) is 0 Å². The number of phenolic OH excluding ortho intramolecular Hbond substituents is 2. The molecule has 0 radical (unpaired) electrons. The number of aromatic hydroxyl groups is 2. The van der Waals surface area contributed by atoms with Crippen molar-refractivity contribution in [3.63, 3.8) is 0 Å². The van der Waals surface area contributed by atoms with E-state index in [-0.39, 0.29) is 11.5 Å². The molecule has 1 aromatic carbocycles. The van der Waals surface area contributed by atoms with Gasteiger partial charge >= 0.3 is 0 Å². The Morgan fingerprint density at radius 2 is 1.79 bits per heavy atom. The van der Waals surface area contributed by atoms with E-state index >= 15 is 0 Å². The maximum atomic E-state index is 9.28. The van der Waals surface area contributed by atoms with Crippen LogP contribution in [0.4, 0.5) is 5.69 Å². The van der Waals surface area contributed by atoms with E-state index in [1.165, 1.54) is 31.7 Å². The SMILES string of the molecule is Oc1ccc(NC2CCCC2)cc1O. The van der Waals surface area contributed by atoms with Crippen LogP contribution in [0.5, 0.6) is 11.5 Å². The second-order valence-electron chi connectivity index (χ2n) is 3.83. The Bertz CT molecular complexity index is 319. The maximum absolute atomic E-state index is 9.28. The minimum Gasteiger partial charge on any atom is -0.504 e. The number of hydrogen-bond acceptors (Lipinski definition) is 3. The van der Waals surface area contributed by atoms with Crippen LogP contribution in [0.15, 0.2) is 18.2 Å². The number of phenols is 2. The lowest BCUT2D eigenvalue weighted by Crippen LogP contribution is -2.14. The molecule has 1 aliphatic rings. The van der Waals surface area contributed by atoms with Gasteiger partial charge in [-0.15, -0.1) is 0 Å². The molecule has 1 fully saturated rings. The summed E-state index contributed by atoms with van der Waals surface area (Å²) in [6.07, 6.45) is 4.95. The number of anilines is 1. The van der Waals surface area contributed by atoms with Gasteiger partial charge in [-0.1, -0.05) is 12.8 Å². The monoisotopic (exact) mass is 193 g/mol. The van der Waals surface area contributed by atoms with E-state index in [1.54, 1.807) is 12.1 Å². The molecule has 1 aliphatic carbocycles. The van der Waals surface area contributed by atoms with Crippen LogP contribution < -0.4 is 5.32 Å². The molecule has 0 amide bonds. The van der Waals surface area contributed by atoms with Crippen molar-refractivity contribution in [2.45, 2.75) is 31.7 Å². The highest BCUT2D eigenvalue weighted by Crippen LogP contribution is 2.29. The molecule has 0 spiro atoms. The predicted octanol–water partition coefficient (Wildman–Crippen LogP) is 2.45. The minimum absolute atomic E-state index is 0.0620.